The maximum Gasteiger partial charge on any atom is 0.338 e. The van der Waals surface area contributed by atoms with Gasteiger partial charge in [-0.25, -0.2) is 4.79 Å². The maximum atomic E-state index is 12.8. The lowest BCUT2D eigenvalue weighted by atomic mass is 10.2. The molecule has 2 aromatic rings. The normalized spacial score (nSPS) is 10.1. The third-order valence-electron chi connectivity index (χ3n) is 2.20. The van der Waals surface area contributed by atoms with Gasteiger partial charge in [-0.15, -0.1) is 0 Å². The molecule has 92 valence electrons. The van der Waals surface area contributed by atoms with Crippen molar-refractivity contribution >= 4 is 5.97 Å². The molecule has 1 aromatic carbocycles. The molecule has 3 nitrogen and oxygen atoms in total. The van der Waals surface area contributed by atoms with E-state index in [0.29, 0.717) is 5.56 Å². The van der Waals surface area contributed by atoms with Crippen LogP contribution in [0, 0.1) is 11.9 Å². The minimum atomic E-state index is -0.944. The summed E-state index contributed by atoms with van der Waals surface area (Å²) in [6.45, 7) is -0.204. The molecule has 0 aliphatic carbocycles. The van der Waals surface area contributed by atoms with Crippen molar-refractivity contribution < 1.29 is 18.3 Å². The number of halogens is 2. The van der Waals surface area contributed by atoms with Crippen LogP contribution in [-0.2, 0) is 11.3 Å². The molecule has 0 spiro atoms. The Morgan fingerprint density at radius 2 is 1.72 bits per heavy atom. The second-order valence-corrected chi connectivity index (χ2v) is 3.56. The van der Waals surface area contributed by atoms with Gasteiger partial charge in [-0.2, -0.15) is 13.8 Å². The van der Waals surface area contributed by atoms with E-state index >= 15 is 0 Å². The number of nitrogens with zero attached hydrogens (tertiary/aromatic N) is 1. The van der Waals surface area contributed by atoms with Crippen molar-refractivity contribution in [2.24, 2.45) is 0 Å². The van der Waals surface area contributed by atoms with Crippen LogP contribution in [0.15, 0.2) is 42.5 Å². The zero-order valence-corrected chi connectivity index (χ0v) is 9.27. The average Bonchev–Trinajstić information content (AvgIpc) is 2.36. The largest absolute Gasteiger partial charge is 0.457 e. The van der Waals surface area contributed by atoms with Crippen LogP contribution in [-0.4, -0.2) is 11.0 Å². The van der Waals surface area contributed by atoms with E-state index in [9.17, 15) is 13.6 Å². The summed E-state index contributed by atoms with van der Waals surface area (Å²) in [7, 11) is 0. The standard InChI is InChI=1S/C13H9F2NO2/c14-11-6-9(7-12(15)16-11)8-18-13(17)10-4-2-1-3-5-10/h1-7H,8H2. The Morgan fingerprint density at radius 1 is 1.11 bits per heavy atom. The Balaban J connectivity index is 2.02. The molecule has 0 aliphatic rings. The molecule has 2 rings (SSSR count). The van der Waals surface area contributed by atoms with Crippen molar-refractivity contribution in [2.45, 2.75) is 6.61 Å². The van der Waals surface area contributed by atoms with E-state index in [-0.39, 0.29) is 12.2 Å². The summed E-state index contributed by atoms with van der Waals surface area (Å²) in [6, 6.07) is 10.4. The summed E-state index contributed by atoms with van der Waals surface area (Å²) in [5.41, 5.74) is 0.594. The van der Waals surface area contributed by atoms with Gasteiger partial charge in [0.25, 0.3) is 0 Å². The number of rotatable bonds is 3. The first kappa shape index (κ1) is 12.2. The summed E-state index contributed by atoms with van der Waals surface area (Å²) < 4.78 is 30.5. The first-order valence-corrected chi connectivity index (χ1v) is 5.19. The summed E-state index contributed by atoms with van der Waals surface area (Å²) in [6.07, 6.45) is 0. The molecule has 0 radical (unpaired) electrons. The molecule has 18 heavy (non-hydrogen) atoms. The van der Waals surface area contributed by atoms with Gasteiger partial charge in [0.05, 0.1) is 5.56 Å². The van der Waals surface area contributed by atoms with Gasteiger partial charge in [0, 0.05) is 0 Å². The highest BCUT2D eigenvalue weighted by Crippen LogP contribution is 2.08. The van der Waals surface area contributed by atoms with Crippen molar-refractivity contribution in [2.75, 3.05) is 0 Å². The zero-order valence-electron chi connectivity index (χ0n) is 9.27. The van der Waals surface area contributed by atoms with Gasteiger partial charge in [0.1, 0.15) is 6.61 Å². The van der Waals surface area contributed by atoms with E-state index in [2.05, 4.69) is 4.98 Å². The number of ether oxygens (including phenoxy) is 1. The van der Waals surface area contributed by atoms with Gasteiger partial charge in [0.15, 0.2) is 0 Å². The van der Waals surface area contributed by atoms with E-state index in [1.165, 1.54) is 0 Å². The highest BCUT2D eigenvalue weighted by molar-refractivity contribution is 5.89. The molecular formula is C13H9F2NO2. The Bertz CT molecular complexity index is 538. The molecule has 0 aliphatic heterocycles. The maximum absolute atomic E-state index is 12.8. The van der Waals surface area contributed by atoms with Crippen LogP contribution in [0.2, 0.25) is 0 Å². The van der Waals surface area contributed by atoms with Crippen LogP contribution in [0.4, 0.5) is 8.78 Å². The van der Waals surface area contributed by atoms with Crippen molar-refractivity contribution in [1.82, 2.24) is 4.98 Å². The molecular weight excluding hydrogens is 240 g/mol. The quantitative estimate of drug-likeness (QED) is 0.620. The van der Waals surface area contributed by atoms with E-state index < -0.39 is 17.9 Å². The van der Waals surface area contributed by atoms with Gasteiger partial charge in [-0.1, -0.05) is 18.2 Å². The second-order valence-electron chi connectivity index (χ2n) is 3.56. The van der Waals surface area contributed by atoms with E-state index in [1.54, 1.807) is 30.3 Å². The van der Waals surface area contributed by atoms with E-state index in [1.807, 2.05) is 0 Å². The molecule has 0 saturated carbocycles. The van der Waals surface area contributed by atoms with Crippen LogP contribution >= 0.6 is 0 Å². The minimum absolute atomic E-state index is 0.204. The number of pyridine rings is 1. The Hall–Kier alpha value is -2.30. The number of hydrogen-bond acceptors (Lipinski definition) is 3. The molecule has 0 unspecified atom stereocenters. The Kier molecular flexibility index (Phi) is 3.62. The number of benzene rings is 1. The van der Waals surface area contributed by atoms with Crippen molar-refractivity contribution in [3.8, 4) is 0 Å². The lowest BCUT2D eigenvalue weighted by Gasteiger charge is -2.04. The van der Waals surface area contributed by atoms with Crippen molar-refractivity contribution in [1.29, 1.82) is 0 Å². The first-order chi connectivity index (χ1) is 8.65. The SMILES string of the molecule is O=C(OCc1cc(F)nc(F)c1)c1ccccc1. The van der Waals surface area contributed by atoms with Gasteiger partial charge >= 0.3 is 5.97 Å². The van der Waals surface area contributed by atoms with Crippen LogP contribution in [0.1, 0.15) is 15.9 Å². The highest BCUT2D eigenvalue weighted by Gasteiger charge is 2.08. The molecule has 0 amide bonds. The predicted molar refractivity (Wildman–Crippen MR) is 59.7 cm³/mol. The predicted octanol–water partition coefficient (Wildman–Crippen LogP) is 2.72. The number of hydrogen-bond donors (Lipinski definition) is 0. The lowest BCUT2D eigenvalue weighted by molar-refractivity contribution is 0.0471. The molecule has 0 saturated heterocycles. The Morgan fingerprint density at radius 3 is 2.33 bits per heavy atom. The van der Waals surface area contributed by atoms with Crippen LogP contribution < -0.4 is 0 Å². The van der Waals surface area contributed by atoms with Crippen molar-refractivity contribution in [3.63, 3.8) is 0 Å². The van der Waals surface area contributed by atoms with Crippen LogP contribution in [0.3, 0.4) is 0 Å². The smallest absolute Gasteiger partial charge is 0.338 e. The summed E-state index contributed by atoms with van der Waals surface area (Å²) >= 11 is 0. The molecule has 0 N–H and O–H groups in total. The molecule has 1 aromatic heterocycles. The van der Waals surface area contributed by atoms with E-state index in [0.717, 1.165) is 12.1 Å². The fraction of sp³-hybridized carbons (Fsp3) is 0.0769. The summed E-state index contributed by atoms with van der Waals surface area (Å²) in [4.78, 5) is 14.5. The molecule has 5 heteroatoms. The van der Waals surface area contributed by atoms with Crippen molar-refractivity contribution in [3.05, 3.63) is 65.5 Å². The zero-order chi connectivity index (χ0) is 13.0. The van der Waals surface area contributed by atoms with Crippen LogP contribution in [0.5, 0.6) is 0 Å². The number of carbonyl (C=O) groups excluding carboxylic acids is 1. The van der Waals surface area contributed by atoms with Gasteiger partial charge < -0.3 is 4.74 Å². The minimum Gasteiger partial charge on any atom is -0.457 e. The van der Waals surface area contributed by atoms with Crippen LogP contribution in [0.25, 0.3) is 0 Å². The average molecular weight is 249 g/mol. The Labute approximate surface area is 102 Å². The number of esters is 1. The van der Waals surface area contributed by atoms with E-state index in [4.69, 9.17) is 4.74 Å². The fourth-order valence-corrected chi connectivity index (χ4v) is 1.40. The van der Waals surface area contributed by atoms with Gasteiger partial charge in [-0.05, 0) is 29.8 Å². The van der Waals surface area contributed by atoms with Gasteiger partial charge in [0.2, 0.25) is 11.9 Å². The molecule has 0 fully saturated rings. The highest BCUT2D eigenvalue weighted by atomic mass is 19.1. The summed E-state index contributed by atoms with van der Waals surface area (Å²) in [5, 5.41) is 0. The lowest BCUT2D eigenvalue weighted by Crippen LogP contribution is -2.05. The second kappa shape index (κ2) is 5.35. The number of carbonyl (C=O) groups is 1. The topological polar surface area (TPSA) is 39.2 Å². The molecule has 0 bridgehead atoms. The monoisotopic (exact) mass is 249 g/mol. The molecule has 1 heterocycles. The molecule has 0 atom stereocenters. The fourth-order valence-electron chi connectivity index (χ4n) is 1.40. The van der Waals surface area contributed by atoms with Gasteiger partial charge in [-0.3, -0.25) is 0 Å². The summed E-state index contributed by atoms with van der Waals surface area (Å²) in [5.74, 6) is -2.44. The number of aromatic nitrogens is 1. The first-order valence-electron chi connectivity index (χ1n) is 5.19. The third kappa shape index (κ3) is 3.10. The third-order valence-corrected chi connectivity index (χ3v) is 2.20.